The quantitative estimate of drug-likeness (QED) is 0.397. The Labute approximate surface area is 221 Å². The van der Waals surface area contributed by atoms with Crippen molar-refractivity contribution in [2.75, 3.05) is 6.61 Å². The monoisotopic (exact) mass is 531 g/mol. The summed E-state index contributed by atoms with van der Waals surface area (Å²) in [6.07, 6.45) is 4.40. The van der Waals surface area contributed by atoms with Crippen LogP contribution in [0.3, 0.4) is 0 Å². The van der Waals surface area contributed by atoms with E-state index in [2.05, 4.69) is 12.2 Å². The Balaban J connectivity index is 1.40. The second-order valence-electron chi connectivity index (χ2n) is 12.0. The molecule has 0 aromatic heterocycles. The highest BCUT2D eigenvalue weighted by molar-refractivity contribution is 5.95. The van der Waals surface area contributed by atoms with Gasteiger partial charge in [0.2, 0.25) is 11.7 Å². The molecule has 0 bridgehead atoms. The van der Waals surface area contributed by atoms with Crippen molar-refractivity contribution >= 4 is 35.2 Å². The van der Waals surface area contributed by atoms with Crippen LogP contribution in [0.2, 0.25) is 0 Å². The molecule has 4 aliphatic rings. The summed E-state index contributed by atoms with van der Waals surface area (Å²) in [6.45, 7) is 4.51. The second-order valence-corrected chi connectivity index (χ2v) is 12.0. The van der Waals surface area contributed by atoms with E-state index in [4.69, 9.17) is 9.84 Å². The lowest BCUT2D eigenvalue weighted by molar-refractivity contribution is -0.173. The first-order valence-electron chi connectivity index (χ1n) is 13.4. The van der Waals surface area contributed by atoms with E-state index in [0.717, 1.165) is 18.4 Å². The smallest absolute Gasteiger partial charge is 0.325 e. The summed E-state index contributed by atoms with van der Waals surface area (Å²) >= 11 is 0. The third-order valence-electron chi connectivity index (χ3n) is 9.94. The highest BCUT2D eigenvalue weighted by atomic mass is 16.5. The molecule has 208 valence electrons. The molecule has 7 atom stereocenters. The van der Waals surface area contributed by atoms with Crippen LogP contribution in [0, 0.1) is 28.6 Å². The van der Waals surface area contributed by atoms with Crippen molar-refractivity contribution in [3.05, 3.63) is 11.6 Å². The summed E-state index contributed by atoms with van der Waals surface area (Å²) in [4.78, 5) is 73.7. The number of carbonyl (C=O) groups excluding carboxylic acids is 5. The number of ether oxygens (including phenoxy) is 1. The van der Waals surface area contributed by atoms with E-state index >= 15 is 0 Å². The predicted molar refractivity (Wildman–Crippen MR) is 132 cm³/mol. The van der Waals surface area contributed by atoms with Gasteiger partial charge in [0.15, 0.2) is 12.4 Å². The van der Waals surface area contributed by atoms with Gasteiger partial charge in [-0.25, -0.2) is 0 Å². The number of rotatable bonds is 8. The number of amides is 1. The van der Waals surface area contributed by atoms with E-state index in [0.29, 0.717) is 19.3 Å². The zero-order chi connectivity index (χ0) is 28.0. The van der Waals surface area contributed by atoms with Crippen molar-refractivity contribution in [3.63, 3.8) is 0 Å². The van der Waals surface area contributed by atoms with E-state index in [1.807, 2.05) is 0 Å². The molecule has 0 radical (unpaired) electrons. The van der Waals surface area contributed by atoms with Gasteiger partial charge >= 0.3 is 11.9 Å². The first kappa shape index (κ1) is 28.1. The third kappa shape index (κ3) is 4.61. The number of aliphatic carboxylic acids is 1. The van der Waals surface area contributed by atoms with Gasteiger partial charge in [-0.2, -0.15) is 0 Å². The van der Waals surface area contributed by atoms with Gasteiger partial charge in [0, 0.05) is 30.6 Å². The van der Waals surface area contributed by atoms with Crippen molar-refractivity contribution in [3.8, 4) is 0 Å². The number of hydrogen-bond donors (Lipinski definition) is 3. The number of ketones is 3. The third-order valence-corrected chi connectivity index (χ3v) is 9.94. The standard InChI is InChI=1S/C28H37NO9/c1-15(25(35)36)29-22(33)6-7-23(34)38-14-21(32)28(37)11-9-19-18-5-4-16-12-17(30)8-10-26(16,2)24(18)20(31)13-27(19,28)3/h12,15,18-19,24,37H,4-11,13-14H2,1-3H3,(H,29,33)(H,35,36). The molecule has 10 heteroatoms. The molecule has 0 spiro atoms. The van der Waals surface area contributed by atoms with Crippen molar-refractivity contribution < 1.29 is 43.7 Å². The van der Waals surface area contributed by atoms with Crippen LogP contribution in [-0.2, 0) is 33.5 Å². The maximum absolute atomic E-state index is 13.7. The molecule has 4 rings (SSSR count). The Kier molecular flexibility index (Phi) is 7.42. The molecular weight excluding hydrogens is 494 g/mol. The van der Waals surface area contributed by atoms with Crippen LogP contribution in [0.25, 0.3) is 0 Å². The summed E-state index contributed by atoms with van der Waals surface area (Å²) in [5.74, 6) is -3.47. The maximum Gasteiger partial charge on any atom is 0.325 e. The van der Waals surface area contributed by atoms with Gasteiger partial charge in [-0.05, 0) is 62.4 Å². The molecule has 3 fully saturated rings. The van der Waals surface area contributed by atoms with Crippen LogP contribution < -0.4 is 5.32 Å². The van der Waals surface area contributed by atoms with Crippen LogP contribution in [0.15, 0.2) is 11.6 Å². The molecule has 0 saturated heterocycles. The zero-order valence-electron chi connectivity index (χ0n) is 22.2. The highest BCUT2D eigenvalue weighted by Gasteiger charge is 2.68. The molecule has 3 saturated carbocycles. The van der Waals surface area contributed by atoms with Gasteiger partial charge in [0.25, 0.3) is 0 Å². The van der Waals surface area contributed by atoms with E-state index in [1.165, 1.54) is 6.92 Å². The number of esters is 1. The Morgan fingerprint density at radius 1 is 1.11 bits per heavy atom. The lowest BCUT2D eigenvalue weighted by atomic mass is 9.46. The first-order chi connectivity index (χ1) is 17.7. The normalized spacial score (nSPS) is 36.7. The average molecular weight is 532 g/mol. The van der Waals surface area contributed by atoms with Gasteiger partial charge in [-0.15, -0.1) is 0 Å². The van der Waals surface area contributed by atoms with Crippen molar-refractivity contribution in [2.24, 2.45) is 28.6 Å². The van der Waals surface area contributed by atoms with E-state index < -0.39 is 47.3 Å². The topological polar surface area (TPSA) is 164 Å². The fourth-order valence-electron chi connectivity index (χ4n) is 7.77. The number of aliphatic hydroxyl groups is 1. The minimum atomic E-state index is -1.81. The molecular formula is C28H37NO9. The molecule has 0 aromatic rings. The molecule has 10 nitrogen and oxygen atoms in total. The lowest BCUT2D eigenvalue weighted by Gasteiger charge is -2.57. The van der Waals surface area contributed by atoms with Crippen LogP contribution in [-0.4, -0.2) is 63.7 Å². The number of hydrogen-bond acceptors (Lipinski definition) is 8. The minimum absolute atomic E-state index is 0.00711. The Hall–Kier alpha value is -2.88. The molecule has 0 aliphatic heterocycles. The Morgan fingerprint density at radius 2 is 1.82 bits per heavy atom. The summed E-state index contributed by atoms with van der Waals surface area (Å²) in [7, 11) is 0. The largest absolute Gasteiger partial charge is 0.480 e. The second kappa shape index (κ2) is 10.0. The van der Waals surface area contributed by atoms with Crippen LogP contribution in [0.1, 0.15) is 78.6 Å². The van der Waals surface area contributed by atoms with E-state index in [9.17, 15) is 33.9 Å². The molecule has 38 heavy (non-hydrogen) atoms. The zero-order valence-corrected chi connectivity index (χ0v) is 22.2. The number of carboxylic acid groups (broad SMARTS) is 1. The number of fused-ring (bicyclic) bond motifs is 5. The summed E-state index contributed by atoms with van der Waals surface area (Å²) in [6, 6.07) is -1.10. The van der Waals surface area contributed by atoms with Gasteiger partial charge in [-0.1, -0.05) is 19.4 Å². The summed E-state index contributed by atoms with van der Waals surface area (Å²) in [5, 5.41) is 22.7. The summed E-state index contributed by atoms with van der Waals surface area (Å²) < 4.78 is 5.07. The van der Waals surface area contributed by atoms with Gasteiger partial charge in [0.05, 0.1) is 6.42 Å². The number of carbonyl (C=O) groups is 6. The van der Waals surface area contributed by atoms with Crippen molar-refractivity contribution in [1.82, 2.24) is 5.32 Å². The van der Waals surface area contributed by atoms with Gasteiger partial charge in [0.1, 0.15) is 17.4 Å². The molecule has 7 unspecified atom stereocenters. The molecule has 4 aliphatic carbocycles. The van der Waals surface area contributed by atoms with Crippen molar-refractivity contribution in [1.29, 1.82) is 0 Å². The van der Waals surface area contributed by atoms with Gasteiger partial charge < -0.3 is 20.3 Å². The number of allylic oxidation sites excluding steroid dienone is 1. The number of carboxylic acids is 1. The fraction of sp³-hybridized carbons (Fsp3) is 0.714. The first-order valence-corrected chi connectivity index (χ1v) is 13.4. The SMILES string of the molecule is CC(NC(=O)CCC(=O)OCC(=O)C1(O)CCC2C3CCC4=CC(=O)CCC4(C)C3C(=O)CC21C)C(=O)O. The molecule has 3 N–H and O–H groups in total. The van der Waals surface area contributed by atoms with Gasteiger partial charge in [-0.3, -0.25) is 28.8 Å². The average Bonchev–Trinajstić information content (AvgIpc) is 3.12. The lowest BCUT2D eigenvalue weighted by Crippen LogP contribution is -2.61. The fourth-order valence-corrected chi connectivity index (χ4v) is 7.77. The summed E-state index contributed by atoms with van der Waals surface area (Å²) in [5.41, 5.74) is -2.12. The minimum Gasteiger partial charge on any atom is -0.480 e. The maximum atomic E-state index is 13.7. The van der Waals surface area contributed by atoms with Crippen LogP contribution in [0.5, 0.6) is 0 Å². The molecule has 0 aromatic carbocycles. The van der Waals surface area contributed by atoms with Crippen LogP contribution >= 0.6 is 0 Å². The molecule has 0 heterocycles. The Morgan fingerprint density at radius 3 is 2.50 bits per heavy atom. The van der Waals surface area contributed by atoms with E-state index in [-0.39, 0.29) is 60.4 Å². The van der Waals surface area contributed by atoms with Crippen molar-refractivity contribution in [2.45, 2.75) is 90.2 Å². The van der Waals surface area contributed by atoms with E-state index in [1.54, 1.807) is 13.0 Å². The number of nitrogens with one attached hydrogen (secondary N) is 1. The number of Topliss-reactive ketones (excluding diaryl/α,β-unsaturated/α-hetero) is 2. The van der Waals surface area contributed by atoms with Crippen LogP contribution in [0.4, 0.5) is 0 Å². The predicted octanol–water partition coefficient (Wildman–Crippen LogP) is 1.91. The highest BCUT2D eigenvalue weighted by Crippen LogP contribution is 2.66. The Bertz CT molecular complexity index is 1110. The molecule has 1 amide bonds.